The number of piperidine rings is 1. The lowest BCUT2D eigenvalue weighted by atomic mass is 9.89. The van der Waals surface area contributed by atoms with Gasteiger partial charge < -0.3 is 4.74 Å². The Balaban J connectivity index is 1.86. The van der Waals surface area contributed by atoms with Crippen LogP contribution in [0.5, 0.6) is 0 Å². The number of aryl methyl sites for hydroxylation is 2. The van der Waals surface area contributed by atoms with Gasteiger partial charge in [-0.25, -0.2) is 0 Å². The van der Waals surface area contributed by atoms with Gasteiger partial charge in [0, 0.05) is 17.5 Å². The van der Waals surface area contributed by atoms with Gasteiger partial charge in [0.1, 0.15) is 12.6 Å². The standard InChI is InChI=1S/C21H25NO/c1-16-6-10-18(11-7-16)21(19-12-8-17(2)9-13-19)22-14-4-3-5-20(22)15-23-21/h6-13,20H,3-5,14-15H2,1-2H3/p+1. The SMILES string of the molecule is Cc1ccc(C2(c3ccc(C)cc3)OCC3CCCC[NH+]32)cc1. The molecule has 2 aromatic rings. The van der Waals surface area contributed by atoms with E-state index in [0.29, 0.717) is 6.04 Å². The summed E-state index contributed by atoms with van der Waals surface area (Å²) in [6, 6.07) is 18.5. The Labute approximate surface area is 139 Å². The second-order valence-corrected chi connectivity index (χ2v) is 7.19. The van der Waals surface area contributed by atoms with Crippen LogP contribution in [0.1, 0.15) is 41.5 Å². The molecular weight excluding hydrogens is 282 g/mol. The molecule has 4 rings (SSSR count). The molecule has 1 N–H and O–H groups in total. The Morgan fingerprint density at radius 1 is 0.870 bits per heavy atom. The smallest absolute Gasteiger partial charge is 0.256 e. The van der Waals surface area contributed by atoms with Crippen molar-refractivity contribution in [1.29, 1.82) is 0 Å². The summed E-state index contributed by atoms with van der Waals surface area (Å²) in [5, 5.41) is 0. The molecular formula is C21H26NO+. The minimum Gasteiger partial charge on any atom is -0.313 e. The molecule has 0 spiro atoms. The summed E-state index contributed by atoms with van der Waals surface area (Å²) in [4.78, 5) is 1.61. The van der Waals surface area contributed by atoms with Crippen LogP contribution in [0.25, 0.3) is 0 Å². The first-order chi connectivity index (χ1) is 11.2. The molecule has 2 saturated heterocycles. The highest BCUT2D eigenvalue weighted by atomic mass is 16.5. The van der Waals surface area contributed by atoms with Crippen LogP contribution in [0.4, 0.5) is 0 Å². The molecule has 2 aliphatic rings. The monoisotopic (exact) mass is 308 g/mol. The number of nitrogens with one attached hydrogen (secondary N) is 1. The van der Waals surface area contributed by atoms with Crippen molar-refractivity contribution < 1.29 is 9.64 Å². The van der Waals surface area contributed by atoms with Crippen LogP contribution < -0.4 is 4.90 Å². The van der Waals surface area contributed by atoms with Crippen molar-refractivity contribution in [2.24, 2.45) is 0 Å². The molecule has 2 nitrogen and oxygen atoms in total. The van der Waals surface area contributed by atoms with Gasteiger partial charge in [0.25, 0.3) is 5.72 Å². The Morgan fingerprint density at radius 3 is 2.00 bits per heavy atom. The van der Waals surface area contributed by atoms with E-state index >= 15 is 0 Å². The van der Waals surface area contributed by atoms with Gasteiger partial charge in [0.2, 0.25) is 0 Å². The highest BCUT2D eigenvalue weighted by Gasteiger charge is 2.55. The van der Waals surface area contributed by atoms with Crippen LogP contribution in [0.15, 0.2) is 48.5 Å². The fourth-order valence-electron chi connectivity index (χ4n) is 4.33. The Kier molecular flexibility index (Phi) is 3.74. The predicted molar refractivity (Wildman–Crippen MR) is 92.6 cm³/mol. The maximum absolute atomic E-state index is 6.60. The molecule has 0 aliphatic carbocycles. The van der Waals surface area contributed by atoms with Crippen molar-refractivity contribution in [2.45, 2.75) is 44.9 Å². The van der Waals surface area contributed by atoms with Crippen LogP contribution in [-0.2, 0) is 10.5 Å². The summed E-state index contributed by atoms with van der Waals surface area (Å²) in [7, 11) is 0. The van der Waals surface area contributed by atoms with Crippen LogP contribution >= 0.6 is 0 Å². The second-order valence-electron chi connectivity index (χ2n) is 7.19. The number of benzene rings is 2. The highest BCUT2D eigenvalue weighted by molar-refractivity contribution is 5.36. The average molecular weight is 308 g/mol. The van der Waals surface area contributed by atoms with Gasteiger partial charge in [0.15, 0.2) is 0 Å². The van der Waals surface area contributed by atoms with E-state index in [1.165, 1.54) is 48.1 Å². The van der Waals surface area contributed by atoms with Crippen LogP contribution in [-0.4, -0.2) is 19.2 Å². The third-order valence-corrected chi connectivity index (χ3v) is 5.61. The van der Waals surface area contributed by atoms with Crippen molar-refractivity contribution in [3.05, 3.63) is 70.8 Å². The lowest BCUT2D eigenvalue weighted by molar-refractivity contribution is -0.981. The largest absolute Gasteiger partial charge is 0.313 e. The molecule has 0 bridgehead atoms. The summed E-state index contributed by atoms with van der Waals surface area (Å²) in [6.45, 7) is 6.37. The van der Waals surface area contributed by atoms with Gasteiger partial charge in [-0.05, 0) is 51.0 Å². The van der Waals surface area contributed by atoms with Gasteiger partial charge in [-0.1, -0.05) is 35.4 Å². The van der Waals surface area contributed by atoms with Crippen molar-refractivity contribution in [1.82, 2.24) is 0 Å². The molecule has 0 saturated carbocycles. The summed E-state index contributed by atoms with van der Waals surface area (Å²) < 4.78 is 6.60. The van der Waals surface area contributed by atoms with Gasteiger partial charge >= 0.3 is 0 Å². The van der Waals surface area contributed by atoms with E-state index in [-0.39, 0.29) is 5.72 Å². The maximum atomic E-state index is 6.60. The number of hydrogen-bond donors (Lipinski definition) is 1. The zero-order valence-corrected chi connectivity index (χ0v) is 14.1. The van der Waals surface area contributed by atoms with E-state index in [4.69, 9.17) is 4.74 Å². The molecule has 0 radical (unpaired) electrons. The molecule has 2 heteroatoms. The Morgan fingerprint density at radius 2 is 1.43 bits per heavy atom. The Hall–Kier alpha value is -1.64. The van der Waals surface area contributed by atoms with Gasteiger partial charge in [-0.15, -0.1) is 0 Å². The highest BCUT2D eigenvalue weighted by Crippen LogP contribution is 2.34. The molecule has 2 heterocycles. The van der Waals surface area contributed by atoms with Crippen molar-refractivity contribution >= 4 is 0 Å². The molecule has 2 atom stereocenters. The van der Waals surface area contributed by atoms with E-state index in [2.05, 4.69) is 62.4 Å². The van der Waals surface area contributed by atoms with Gasteiger partial charge in [-0.2, -0.15) is 0 Å². The van der Waals surface area contributed by atoms with E-state index in [0.717, 1.165) is 6.61 Å². The first-order valence-corrected chi connectivity index (χ1v) is 8.84. The van der Waals surface area contributed by atoms with E-state index in [1.54, 1.807) is 4.90 Å². The second kappa shape index (κ2) is 5.77. The summed E-state index contributed by atoms with van der Waals surface area (Å²) in [5.41, 5.74) is 4.87. The van der Waals surface area contributed by atoms with E-state index in [1.807, 2.05) is 0 Å². The first-order valence-electron chi connectivity index (χ1n) is 8.84. The fraction of sp³-hybridized carbons (Fsp3) is 0.429. The molecule has 120 valence electrons. The molecule has 23 heavy (non-hydrogen) atoms. The fourth-order valence-corrected chi connectivity index (χ4v) is 4.33. The van der Waals surface area contributed by atoms with Gasteiger partial charge in [-0.3, -0.25) is 4.90 Å². The van der Waals surface area contributed by atoms with Crippen molar-refractivity contribution in [3.8, 4) is 0 Å². The van der Waals surface area contributed by atoms with Crippen molar-refractivity contribution in [2.75, 3.05) is 13.2 Å². The quantitative estimate of drug-likeness (QED) is 0.900. The number of ether oxygens (including phenoxy) is 1. The zero-order chi connectivity index (χ0) is 15.9. The number of fused-ring (bicyclic) bond motifs is 1. The van der Waals surface area contributed by atoms with E-state index in [9.17, 15) is 0 Å². The Bertz CT molecular complexity index is 628. The number of hydrogen-bond acceptors (Lipinski definition) is 1. The first kappa shape index (κ1) is 14.9. The summed E-state index contributed by atoms with van der Waals surface area (Å²) in [5.74, 6) is 0. The zero-order valence-electron chi connectivity index (χ0n) is 14.1. The lowest BCUT2D eigenvalue weighted by Gasteiger charge is -2.38. The molecule has 0 amide bonds. The number of rotatable bonds is 2. The minimum atomic E-state index is -0.327. The molecule has 2 unspecified atom stereocenters. The third kappa shape index (κ3) is 2.41. The van der Waals surface area contributed by atoms with Crippen LogP contribution in [0, 0.1) is 13.8 Å². The normalized spacial score (nSPS) is 26.0. The third-order valence-electron chi connectivity index (χ3n) is 5.61. The van der Waals surface area contributed by atoms with Crippen LogP contribution in [0.2, 0.25) is 0 Å². The van der Waals surface area contributed by atoms with Gasteiger partial charge in [0.05, 0.1) is 6.54 Å². The topological polar surface area (TPSA) is 13.7 Å². The molecule has 0 aromatic heterocycles. The summed E-state index contributed by atoms with van der Waals surface area (Å²) in [6.07, 6.45) is 3.93. The number of quaternary nitrogens is 1. The minimum absolute atomic E-state index is 0.327. The molecule has 2 aromatic carbocycles. The van der Waals surface area contributed by atoms with E-state index < -0.39 is 0 Å². The predicted octanol–water partition coefficient (Wildman–Crippen LogP) is 2.97. The molecule has 2 fully saturated rings. The average Bonchev–Trinajstić information content (AvgIpc) is 2.97. The summed E-state index contributed by atoms with van der Waals surface area (Å²) >= 11 is 0. The van der Waals surface area contributed by atoms with Crippen molar-refractivity contribution in [3.63, 3.8) is 0 Å². The molecule has 2 aliphatic heterocycles. The maximum Gasteiger partial charge on any atom is 0.256 e. The van der Waals surface area contributed by atoms with Crippen LogP contribution in [0.3, 0.4) is 0 Å². The lowest BCUT2D eigenvalue weighted by Crippen LogP contribution is -3.20.